The maximum absolute atomic E-state index is 12.8. The third-order valence-electron chi connectivity index (χ3n) is 4.91. The van der Waals surface area contributed by atoms with Crippen LogP contribution in [0.5, 0.6) is 0 Å². The van der Waals surface area contributed by atoms with E-state index in [-0.39, 0.29) is 5.91 Å². The molecule has 3 rings (SSSR count). The van der Waals surface area contributed by atoms with Crippen molar-refractivity contribution in [1.29, 1.82) is 0 Å². The summed E-state index contributed by atoms with van der Waals surface area (Å²) in [4.78, 5) is 23.3. The van der Waals surface area contributed by atoms with Crippen molar-refractivity contribution in [2.24, 2.45) is 0 Å². The number of para-hydroxylation sites is 1. The first kappa shape index (κ1) is 17.3. The van der Waals surface area contributed by atoms with E-state index in [1.807, 2.05) is 36.0 Å². The van der Waals surface area contributed by atoms with Gasteiger partial charge in [-0.25, -0.2) is 4.98 Å². The molecule has 1 saturated heterocycles. The average Bonchev–Trinajstić information content (AvgIpc) is 2.67. The first-order valence-electron chi connectivity index (χ1n) is 8.77. The Bertz CT molecular complexity index is 709. The van der Waals surface area contributed by atoms with E-state index < -0.39 is 0 Å². The third kappa shape index (κ3) is 3.92. The summed E-state index contributed by atoms with van der Waals surface area (Å²) in [5.74, 6) is 0.913. The van der Waals surface area contributed by atoms with Gasteiger partial charge in [0.25, 0.3) is 5.91 Å². The summed E-state index contributed by atoms with van der Waals surface area (Å²) in [5.41, 5.74) is 1.95. The van der Waals surface area contributed by atoms with E-state index in [9.17, 15) is 4.79 Å². The van der Waals surface area contributed by atoms with Gasteiger partial charge in [-0.15, -0.1) is 0 Å². The molecule has 1 aliphatic rings. The fourth-order valence-corrected chi connectivity index (χ4v) is 3.31. The Kier molecular flexibility index (Phi) is 5.22. The summed E-state index contributed by atoms with van der Waals surface area (Å²) in [6.07, 6.45) is 3.68. The van der Waals surface area contributed by atoms with Gasteiger partial charge < -0.3 is 14.7 Å². The molecular weight excluding hydrogens is 312 g/mol. The van der Waals surface area contributed by atoms with Crippen LogP contribution >= 0.6 is 0 Å². The number of carbonyl (C=O) groups is 1. The summed E-state index contributed by atoms with van der Waals surface area (Å²) in [6.45, 7) is 1.58. The van der Waals surface area contributed by atoms with Crippen LogP contribution in [-0.4, -0.2) is 56.1 Å². The molecular formula is C20H26N4O. The molecule has 1 amide bonds. The highest BCUT2D eigenvalue weighted by molar-refractivity contribution is 5.94. The van der Waals surface area contributed by atoms with Crippen LogP contribution in [-0.2, 0) is 0 Å². The molecule has 2 heterocycles. The van der Waals surface area contributed by atoms with Crippen molar-refractivity contribution in [3.05, 3.63) is 54.2 Å². The Labute approximate surface area is 149 Å². The van der Waals surface area contributed by atoms with Gasteiger partial charge in [0.1, 0.15) is 5.82 Å². The molecule has 1 aliphatic heterocycles. The maximum atomic E-state index is 12.8. The highest BCUT2D eigenvalue weighted by Crippen LogP contribution is 2.23. The number of nitrogens with zero attached hydrogens (tertiary/aromatic N) is 4. The first-order valence-corrected chi connectivity index (χ1v) is 8.77. The molecule has 25 heavy (non-hydrogen) atoms. The fourth-order valence-electron chi connectivity index (χ4n) is 3.31. The predicted molar refractivity (Wildman–Crippen MR) is 102 cm³/mol. The molecule has 2 aromatic rings. The molecule has 1 aromatic heterocycles. The lowest BCUT2D eigenvalue weighted by molar-refractivity contribution is 0.0713. The quantitative estimate of drug-likeness (QED) is 0.859. The minimum atomic E-state index is 0.103. The number of hydrogen-bond donors (Lipinski definition) is 0. The van der Waals surface area contributed by atoms with Gasteiger partial charge in [-0.2, -0.15) is 0 Å². The third-order valence-corrected chi connectivity index (χ3v) is 4.91. The lowest BCUT2D eigenvalue weighted by atomic mass is 10.0. The Morgan fingerprint density at radius 2 is 1.76 bits per heavy atom. The highest BCUT2D eigenvalue weighted by Gasteiger charge is 2.26. The molecule has 0 N–H and O–H groups in total. The zero-order valence-corrected chi connectivity index (χ0v) is 15.2. The largest absolute Gasteiger partial charge is 0.371 e. The summed E-state index contributed by atoms with van der Waals surface area (Å²) in [7, 11) is 6.01. The van der Waals surface area contributed by atoms with Crippen LogP contribution in [0.15, 0.2) is 48.7 Å². The van der Waals surface area contributed by atoms with Crippen LogP contribution in [0.25, 0.3) is 0 Å². The van der Waals surface area contributed by atoms with E-state index in [2.05, 4.69) is 41.2 Å². The lowest BCUT2D eigenvalue weighted by Crippen LogP contribution is -2.45. The van der Waals surface area contributed by atoms with E-state index >= 15 is 0 Å². The number of likely N-dealkylation sites (tertiary alicyclic amines) is 1. The predicted octanol–water partition coefficient (Wildman–Crippen LogP) is 2.89. The minimum absolute atomic E-state index is 0.103. The lowest BCUT2D eigenvalue weighted by Gasteiger charge is -2.38. The van der Waals surface area contributed by atoms with Gasteiger partial charge in [0.05, 0.1) is 0 Å². The smallest absolute Gasteiger partial charge is 0.254 e. The zero-order chi connectivity index (χ0) is 17.8. The molecule has 0 aliphatic carbocycles. The summed E-state index contributed by atoms with van der Waals surface area (Å²) in [5, 5.41) is 0. The molecule has 5 nitrogen and oxygen atoms in total. The standard InChI is InChI=1S/C20H26N4O/c1-22(2)19-15-16(9-12-21-19)20(25)24-13-10-18(11-14-24)23(3)17-7-5-4-6-8-17/h4-9,12,15,18H,10-11,13-14H2,1-3H3. The summed E-state index contributed by atoms with van der Waals surface area (Å²) < 4.78 is 0. The fraction of sp³-hybridized carbons (Fsp3) is 0.400. The van der Waals surface area contributed by atoms with E-state index in [0.717, 1.165) is 31.7 Å². The van der Waals surface area contributed by atoms with Crippen molar-refractivity contribution in [3.8, 4) is 0 Å². The Balaban J connectivity index is 1.62. The van der Waals surface area contributed by atoms with E-state index in [4.69, 9.17) is 0 Å². The van der Waals surface area contributed by atoms with Crippen molar-refractivity contribution in [2.45, 2.75) is 18.9 Å². The topological polar surface area (TPSA) is 39.7 Å². The zero-order valence-electron chi connectivity index (χ0n) is 15.2. The Morgan fingerprint density at radius 1 is 1.08 bits per heavy atom. The van der Waals surface area contributed by atoms with E-state index in [0.29, 0.717) is 11.6 Å². The average molecular weight is 338 g/mol. The van der Waals surface area contributed by atoms with Crippen LogP contribution in [0, 0.1) is 0 Å². The van der Waals surface area contributed by atoms with E-state index in [1.165, 1.54) is 5.69 Å². The van der Waals surface area contributed by atoms with Gasteiger partial charge in [-0.1, -0.05) is 18.2 Å². The number of pyridine rings is 1. The second-order valence-electron chi connectivity index (χ2n) is 6.77. The monoisotopic (exact) mass is 338 g/mol. The number of hydrogen-bond acceptors (Lipinski definition) is 4. The summed E-state index contributed by atoms with van der Waals surface area (Å²) >= 11 is 0. The van der Waals surface area contributed by atoms with Gasteiger partial charge in [-0.05, 0) is 37.1 Å². The van der Waals surface area contributed by atoms with Crippen LogP contribution in [0.1, 0.15) is 23.2 Å². The second kappa shape index (κ2) is 7.55. The van der Waals surface area contributed by atoms with Gasteiger partial charge in [0.2, 0.25) is 0 Å². The molecule has 0 radical (unpaired) electrons. The van der Waals surface area contributed by atoms with Crippen LogP contribution in [0.4, 0.5) is 11.5 Å². The molecule has 0 atom stereocenters. The normalized spacial score (nSPS) is 15.1. The van der Waals surface area contributed by atoms with E-state index in [1.54, 1.807) is 12.3 Å². The number of piperidine rings is 1. The van der Waals surface area contributed by atoms with Crippen molar-refractivity contribution >= 4 is 17.4 Å². The molecule has 0 unspecified atom stereocenters. The maximum Gasteiger partial charge on any atom is 0.254 e. The highest BCUT2D eigenvalue weighted by atomic mass is 16.2. The van der Waals surface area contributed by atoms with Gasteiger partial charge in [0.15, 0.2) is 0 Å². The van der Waals surface area contributed by atoms with Crippen molar-refractivity contribution in [3.63, 3.8) is 0 Å². The van der Waals surface area contributed by atoms with Crippen LogP contribution in [0.2, 0.25) is 0 Å². The molecule has 0 bridgehead atoms. The number of anilines is 2. The van der Waals surface area contributed by atoms with Crippen molar-refractivity contribution < 1.29 is 4.79 Å². The van der Waals surface area contributed by atoms with Crippen LogP contribution in [0.3, 0.4) is 0 Å². The van der Waals surface area contributed by atoms with Gasteiger partial charge in [0, 0.05) is 57.7 Å². The number of benzene rings is 1. The van der Waals surface area contributed by atoms with Crippen molar-refractivity contribution in [2.75, 3.05) is 44.0 Å². The first-order chi connectivity index (χ1) is 12.1. The number of carbonyl (C=O) groups excluding carboxylic acids is 1. The Morgan fingerprint density at radius 3 is 2.40 bits per heavy atom. The molecule has 5 heteroatoms. The number of rotatable bonds is 4. The number of aromatic nitrogens is 1. The van der Waals surface area contributed by atoms with Gasteiger partial charge in [-0.3, -0.25) is 4.79 Å². The number of amides is 1. The van der Waals surface area contributed by atoms with Crippen LogP contribution < -0.4 is 9.80 Å². The second-order valence-corrected chi connectivity index (χ2v) is 6.77. The molecule has 0 saturated carbocycles. The SMILES string of the molecule is CN(C)c1cc(C(=O)N2CCC(N(C)c3ccccc3)CC2)ccn1. The Hall–Kier alpha value is -2.56. The molecule has 0 spiro atoms. The summed E-state index contributed by atoms with van der Waals surface area (Å²) in [6, 6.07) is 14.6. The molecule has 1 aromatic carbocycles. The van der Waals surface area contributed by atoms with Crippen molar-refractivity contribution in [1.82, 2.24) is 9.88 Å². The minimum Gasteiger partial charge on any atom is -0.371 e. The van der Waals surface area contributed by atoms with Gasteiger partial charge >= 0.3 is 0 Å². The molecule has 1 fully saturated rings. The molecule has 132 valence electrons.